The van der Waals surface area contributed by atoms with Crippen LogP contribution in [0.1, 0.15) is 48.1 Å². The molecule has 0 radical (unpaired) electrons. The molecule has 0 N–H and O–H groups in total. The average molecular weight is 694 g/mol. The van der Waals surface area contributed by atoms with Gasteiger partial charge in [-0.15, -0.1) is 0 Å². The van der Waals surface area contributed by atoms with Crippen molar-refractivity contribution in [3.8, 4) is 11.9 Å². The van der Waals surface area contributed by atoms with E-state index in [1.54, 1.807) is 37.3 Å². The van der Waals surface area contributed by atoms with Crippen LogP contribution in [0.5, 0.6) is 5.88 Å². The number of amides is 1. The molecule has 49 heavy (non-hydrogen) atoms. The maximum absolute atomic E-state index is 15.9. The molecule has 15 heteroatoms. The van der Waals surface area contributed by atoms with Crippen molar-refractivity contribution in [1.29, 1.82) is 5.26 Å². The first kappa shape index (κ1) is 33.7. The predicted molar refractivity (Wildman–Crippen MR) is 173 cm³/mol. The molecule has 2 aliphatic heterocycles. The summed E-state index contributed by atoms with van der Waals surface area (Å²) in [6.07, 6.45) is -6.18. The number of benzene rings is 3. The maximum atomic E-state index is 15.9. The largest absolute Gasteiger partial charge is 0.467 e. The zero-order valence-corrected chi connectivity index (χ0v) is 27.1. The summed E-state index contributed by atoms with van der Waals surface area (Å²) in [6, 6.07) is 15.3. The molecule has 2 aliphatic rings. The van der Waals surface area contributed by atoms with Gasteiger partial charge in [0.15, 0.2) is 23.1 Å². The Morgan fingerprint density at radius 2 is 1.80 bits per heavy atom. The van der Waals surface area contributed by atoms with Gasteiger partial charge in [0.25, 0.3) is 5.91 Å². The minimum Gasteiger partial charge on any atom is -0.467 e. The smallest absolute Gasteiger partial charge is 0.417 e. The summed E-state index contributed by atoms with van der Waals surface area (Å²) in [5.41, 5.74) is -3.23. The Bertz CT molecular complexity index is 2040. The van der Waals surface area contributed by atoms with E-state index in [0.717, 1.165) is 17.0 Å². The van der Waals surface area contributed by atoms with Crippen molar-refractivity contribution in [1.82, 2.24) is 9.97 Å². The number of alkyl halides is 3. The molecule has 2 atom stereocenters. The normalized spacial score (nSPS) is 19.0. The number of rotatable bonds is 7. The van der Waals surface area contributed by atoms with Gasteiger partial charge in [0, 0.05) is 12.1 Å². The molecule has 4 aromatic rings. The molecule has 2 saturated heterocycles. The van der Waals surface area contributed by atoms with E-state index in [2.05, 4.69) is 9.97 Å². The fourth-order valence-corrected chi connectivity index (χ4v) is 6.21. The third-order valence-corrected chi connectivity index (χ3v) is 8.55. The van der Waals surface area contributed by atoms with Gasteiger partial charge in [0.05, 0.1) is 47.0 Å². The Kier molecular flexibility index (Phi) is 8.72. The van der Waals surface area contributed by atoms with E-state index in [4.69, 9.17) is 26.4 Å². The van der Waals surface area contributed by atoms with Crippen molar-refractivity contribution < 1.29 is 41.4 Å². The van der Waals surface area contributed by atoms with Crippen LogP contribution in [0.2, 0.25) is 0 Å². The van der Waals surface area contributed by atoms with Gasteiger partial charge in [-0.25, -0.2) is 14.2 Å². The topological polar surface area (TPSA) is 118 Å². The quantitative estimate of drug-likeness (QED) is 0.127. The number of anilines is 2. The number of hydrogen-bond donors (Lipinski definition) is 0. The van der Waals surface area contributed by atoms with E-state index in [9.17, 15) is 28.0 Å². The summed E-state index contributed by atoms with van der Waals surface area (Å²) in [5.74, 6) is -1.83. The molecule has 0 bridgehead atoms. The molecular formula is C34H27F4N5O5S. The van der Waals surface area contributed by atoms with Crippen LogP contribution in [0.3, 0.4) is 0 Å². The Hall–Kier alpha value is -5.20. The van der Waals surface area contributed by atoms with E-state index in [1.807, 2.05) is 0 Å². The lowest BCUT2D eigenvalue weighted by atomic mass is 10.0. The molecule has 6 rings (SSSR count). The summed E-state index contributed by atoms with van der Waals surface area (Å²) >= 11 is 5.63. The van der Waals surface area contributed by atoms with Crippen molar-refractivity contribution in [3.05, 3.63) is 89.0 Å². The highest BCUT2D eigenvalue weighted by molar-refractivity contribution is 7.81. The molecule has 10 nitrogen and oxygen atoms in total. The van der Waals surface area contributed by atoms with Crippen LogP contribution in [-0.2, 0) is 26.9 Å². The monoisotopic (exact) mass is 693 g/mol. The Labute approximate surface area is 282 Å². The number of aryl methyl sites for hydroxylation is 1. The van der Waals surface area contributed by atoms with Gasteiger partial charge in [-0.05, 0) is 68.5 Å². The van der Waals surface area contributed by atoms with E-state index in [1.165, 1.54) is 36.9 Å². The number of nitriles is 1. The van der Waals surface area contributed by atoms with E-state index < -0.39 is 52.7 Å². The zero-order valence-electron chi connectivity index (χ0n) is 26.2. The standard InChI is InChI=1S/C34H27F4N5O5S/c1-4-27-40-28-22(29(41-27)47-25-16-46-17-26(25)48-30(44)18-8-6-5-7-9-18)12-21(14-24(28)35)43-32(49)42(31(45)33(43,2)3)20-11-10-19(15-39)23(13-20)34(36,37)38/h5-14,25-26H,4,16-17H2,1-3H3/t25?,26-/m0/s1. The lowest BCUT2D eigenvalue weighted by Crippen LogP contribution is -2.44. The zero-order chi connectivity index (χ0) is 35.2. The van der Waals surface area contributed by atoms with Crippen LogP contribution in [0, 0.1) is 17.1 Å². The van der Waals surface area contributed by atoms with E-state index in [0.29, 0.717) is 18.1 Å². The summed E-state index contributed by atoms with van der Waals surface area (Å²) in [7, 11) is 0. The predicted octanol–water partition coefficient (Wildman–Crippen LogP) is 6.14. The minimum absolute atomic E-state index is 0.0353. The van der Waals surface area contributed by atoms with E-state index in [-0.39, 0.29) is 52.3 Å². The first-order valence-electron chi connectivity index (χ1n) is 15.0. The first-order chi connectivity index (χ1) is 23.2. The Morgan fingerprint density at radius 3 is 2.47 bits per heavy atom. The second kappa shape index (κ2) is 12.7. The summed E-state index contributed by atoms with van der Waals surface area (Å²) in [4.78, 5) is 37.6. The number of fused-ring (bicyclic) bond motifs is 1. The van der Waals surface area contributed by atoms with Crippen LogP contribution in [-0.4, -0.2) is 57.9 Å². The molecule has 3 heterocycles. The summed E-state index contributed by atoms with van der Waals surface area (Å²) < 4.78 is 74.8. The number of ether oxygens (including phenoxy) is 3. The SMILES string of the molecule is CCc1nc(OC2COC[C@@H]2OC(=O)c2ccccc2)c2cc(N3C(=S)N(c4ccc(C#N)c(C(F)(F)F)c4)C(=O)C3(C)C)cc(F)c2n1. The van der Waals surface area contributed by atoms with Gasteiger partial charge in [-0.1, -0.05) is 25.1 Å². The molecule has 1 amide bonds. The van der Waals surface area contributed by atoms with Crippen molar-refractivity contribution in [2.45, 2.75) is 51.1 Å². The minimum atomic E-state index is -4.88. The lowest BCUT2D eigenvalue weighted by molar-refractivity contribution is -0.137. The molecule has 1 aromatic heterocycles. The number of aromatic nitrogens is 2. The molecule has 1 unspecified atom stereocenters. The number of thiocarbonyl (C=S) groups is 1. The van der Waals surface area contributed by atoms with Crippen molar-refractivity contribution in [3.63, 3.8) is 0 Å². The number of carbonyl (C=O) groups excluding carboxylic acids is 2. The summed E-state index contributed by atoms with van der Waals surface area (Å²) in [5, 5.41) is 9.11. The molecule has 2 fully saturated rings. The Balaban J connectivity index is 1.38. The highest BCUT2D eigenvalue weighted by Gasteiger charge is 2.51. The second-order valence-corrected chi connectivity index (χ2v) is 12.1. The van der Waals surface area contributed by atoms with Crippen LogP contribution in [0.4, 0.5) is 28.9 Å². The van der Waals surface area contributed by atoms with Crippen LogP contribution < -0.4 is 14.5 Å². The second-order valence-electron chi connectivity index (χ2n) is 11.8. The molecule has 3 aromatic carbocycles. The van der Waals surface area contributed by atoms with Crippen molar-refractivity contribution in [2.24, 2.45) is 0 Å². The molecule has 0 spiro atoms. The van der Waals surface area contributed by atoms with Gasteiger partial charge < -0.3 is 19.1 Å². The fourth-order valence-electron chi connectivity index (χ4n) is 5.69. The average Bonchev–Trinajstić information content (AvgIpc) is 3.57. The number of hydrogen-bond acceptors (Lipinski definition) is 9. The van der Waals surface area contributed by atoms with E-state index >= 15 is 4.39 Å². The van der Waals surface area contributed by atoms with Gasteiger partial charge in [-0.3, -0.25) is 9.69 Å². The lowest BCUT2D eigenvalue weighted by Gasteiger charge is -2.30. The number of carbonyl (C=O) groups is 2. The highest BCUT2D eigenvalue weighted by atomic mass is 32.1. The van der Waals surface area contributed by atoms with Gasteiger partial charge >= 0.3 is 12.1 Å². The van der Waals surface area contributed by atoms with Gasteiger partial charge in [0.1, 0.15) is 16.9 Å². The third-order valence-electron chi connectivity index (χ3n) is 8.19. The van der Waals surface area contributed by atoms with Crippen LogP contribution in [0.25, 0.3) is 10.9 Å². The van der Waals surface area contributed by atoms with Crippen molar-refractivity contribution in [2.75, 3.05) is 23.0 Å². The fraction of sp³-hybridized carbons (Fsp3) is 0.294. The number of esters is 1. The third kappa shape index (κ3) is 6.13. The molecule has 252 valence electrons. The summed E-state index contributed by atoms with van der Waals surface area (Å²) in [6.45, 7) is 4.85. The Morgan fingerprint density at radius 1 is 1.08 bits per heavy atom. The first-order valence-corrected chi connectivity index (χ1v) is 15.5. The highest BCUT2D eigenvalue weighted by Crippen LogP contribution is 2.41. The van der Waals surface area contributed by atoms with Crippen LogP contribution in [0.15, 0.2) is 60.7 Å². The van der Waals surface area contributed by atoms with Crippen LogP contribution >= 0.6 is 12.2 Å². The number of nitrogens with zero attached hydrogens (tertiary/aromatic N) is 5. The maximum Gasteiger partial charge on any atom is 0.417 e. The molecular weight excluding hydrogens is 666 g/mol. The molecule has 0 aliphatic carbocycles. The van der Waals surface area contributed by atoms with Gasteiger partial charge in [-0.2, -0.15) is 23.4 Å². The van der Waals surface area contributed by atoms with Gasteiger partial charge in [0.2, 0.25) is 5.88 Å². The van der Waals surface area contributed by atoms with Crippen molar-refractivity contribution >= 4 is 51.5 Å². The molecule has 0 saturated carbocycles. The number of halogens is 4.